The van der Waals surface area contributed by atoms with Crippen molar-refractivity contribution in [2.75, 3.05) is 13.2 Å². The number of carbonyl (C=O) groups excluding carboxylic acids is 2. The molecule has 26 heavy (non-hydrogen) atoms. The molecule has 2 aromatic rings. The second kappa shape index (κ2) is 7.35. The maximum atomic E-state index is 13.1. The molecule has 2 N–H and O–H groups in total. The van der Waals surface area contributed by atoms with E-state index in [0.717, 1.165) is 36.2 Å². The van der Waals surface area contributed by atoms with Crippen LogP contribution in [0.25, 0.3) is 0 Å². The quantitative estimate of drug-likeness (QED) is 0.804. The zero-order valence-electron chi connectivity index (χ0n) is 15.9. The van der Waals surface area contributed by atoms with Gasteiger partial charge in [0.15, 0.2) is 0 Å². The van der Waals surface area contributed by atoms with Crippen molar-refractivity contribution in [1.82, 2.24) is 20.1 Å². The van der Waals surface area contributed by atoms with Gasteiger partial charge >= 0.3 is 5.97 Å². The summed E-state index contributed by atoms with van der Waals surface area (Å²) in [6.07, 6.45) is 2.69. The van der Waals surface area contributed by atoms with E-state index in [4.69, 9.17) is 4.74 Å². The summed E-state index contributed by atoms with van der Waals surface area (Å²) in [5.74, 6) is -0.478. The Morgan fingerprint density at radius 3 is 2.73 bits per heavy atom. The molecule has 1 aliphatic rings. The van der Waals surface area contributed by atoms with E-state index in [9.17, 15) is 9.59 Å². The van der Waals surface area contributed by atoms with Gasteiger partial charge in [-0.15, -0.1) is 0 Å². The van der Waals surface area contributed by atoms with Crippen LogP contribution in [-0.4, -0.2) is 45.1 Å². The third kappa shape index (κ3) is 3.13. The number of aryl methyl sites for hydroxylation is 2. The van der Waals surface area contributed by atoms with E-state index < -0.39 is 5.97 Å². The van der Waals surface area contributed by atoms with Gasteiger partial charge in [0.25, 0.3) is 5.91 Å². The second-order valence-electron chi connectivity index (χ2n) is 6.70. The standard InChI is InChI=1S/C19H26N4O3/c1-5-7-14-13-10-23(9-8-15(13)22-21-14)18(24)17-11(3)16(12(4)20-17)19(25)26-6-2/h20H,5-10H2,1-4H3,(H,21,22). The first-order valence-electron chi connectivity index (χ1n) is 9.18. The third-order valence-electron chi connectivity index (χ3n) is 4.92. The minimum absolute atomic E-state index is 0.0875. The number of rotatable bonds is 5. The second-order valence-corrected chi connectivity index (χ2v) is 6.70. The molecule has 140 valence electrons. The van der Waals surface area contributed by atoms with Crippen LogP contribution in [0.5, 0.6) is 0 Å². The summed E-state index contributed by atoms with van der Waals surface area (Å²) in [6.45, 7) is 8.96. The van der Waals surface area contributed by atoms with E-state index in [-0.39, 0.29) is 5.91 Å². The molecule has 0 saturated carbocycles. The number of hydrogen-bond donors (Lipinski definition) is 2. The molecule has 0 saturated heterocycles. The van der Waals surface area contributed by atoms with Crippen molar-refractivity contribution in [3.63, 3.8) is 0 Å². The molecule has 3 heterocycles. The van der Waals surface area contributed by atoms with Crippen molar-refractivity contribution in [3.05, 3.63) is 39.5 Å². The number of H-pyrrole nitrogens is 2. The zero-order valence-corrected chi connectivity index (χ0v) is 15.9. The van der Waals surface area contributed by atoms with Crippen LogP contribution in [0.4, 0.5) is 0 Å². The van der Waals surface area contributed by atoms with Gasteiger partial charge < -0.3 is 14.6 Å². The number of carbonyl (C=O) groups is 2. The van der Waals surface area contributed by atoms with Crippen LogP contribution < -0.4 is 0 Å². The first-order chi connectivity index (χ1) is 12.5. The summed E-state index contributed by atoms with van der Waals surface area (Å²) in [4.78, 5) is 30.2. The Labute approximate surface area is 153 Å². The highest BCUT2D eigenvalue weighted by molar-refractivity contribution is 6.00. The van der Waals surface area contributed by atoms with E-state index in [1.165, 1.54) is 0 Å². The first kappa shape index (κ1) is 18.2. The molecule has 0 aliphatic carbocycles. The van der Waals surface area contributed by atoms with E-state index in [1.54, 1.807) is 20.8 Å². The minimum atomic E-state index is -0.390. The van der Waals surface area contributed by atoms with E-state index in [2.05, 4.69) is 22.1 Å². The van der Waals surface area contributed by atoms with Crippen molar-refractivity contribution < 1.29 is 14.3 Å². The molecular formula is C19H26N4O3. The Morgan fingerprint density at radius 1 is 1.27 bits per heavy atom. The Morgan fingerprint density at radius 2 is 2.04 bits per heavy atom. The lowest BCUT2D eigenvalue weighted by Crippen LogP contribution is -2.36. The highest BCUT2D eigenvalue weighted by Crippen LogP contribution is 2.25. The maximum absolute atomic E-state index is 13.1. The largest absolute Gasteiger partial charge is 0.462 e. The number of hydrogen-bond acceptors (Lipinski definition) is 4. The van der Waals surface area contributed by atoms with Crippen LogP contribution in [-0.2, 0) is 24.1 Å². The Kier molecular flexibility index (Phi) is 5.15. The summed E-state index contributed by atoms with van der Waals surface area (Å²) in [5.41, 5.74) is 5.56. The lowest BCUT2D eigenvalue weighted by molar-refractivity contribution is 0.0525. The molecule has 0 unspecified atom stereocenters. The van der Waals surface area contributed by atoms with Gasteiger partial charge in [-0.3, -0.25) is 9.89 Å². The van der Waals surface area contributed by atoms with Crippen molar-refractivity contribution in [2.24, 2.45) is 0 Å². The normalized spacial score (nSPS) is 13.6. The van der Waals surface area contributed by atoms with E-state index in [1.807, 2.05) is 4.90 Å². The number of nitrogens with one attached hydrogen (secondary N) is 2. The number of ether oxygens (including phenoxy) is 1. The Bertz CT molecular complexity index is 834. The predicted octanol–water partition coefficient (Wildman–Crippen LogP) is 2.68. The number of nitrogens with zero attached hydrogens (tertiary/aromatic N) is 2. The highest BCUT2D eigenvalue weighted by atomic mass is 16.5. The number of aromatic amines is 2. The van der Waals surface area contributed by atoms with Gasteiger partial charge in [-0.05, 0) is 32.8 Å². The molecule has 1 aliphatic heterocycles. The fourth-order valence-corrected chi connectivity index (χ4v) is 3.60. The molecular weight excluding hydrogens is 332 g/mol. The van der Waals surface area contributed by atoms with Crippen molar-refractivity contribution in [1.29, 1.82) is 0 Å². The number of aromatic nitrogens is 3. The Hall–Kier alpha value is -2.57. The van der Waals surface area contributed by atoms with Gasteiger partial charge in [0.2, 0.25) is 0 Å². The SMILES string of the molecule is CCCc1n[nH]c2c1CN(C(=O)c1[nH]c(C)c(C(=O)OCC)c1C)CC2. The van der Waals surface area contributed by atoms with Gasteiger partial charge in [-0.2, -0.15) is 5.10 Å². The molecule has 0 radical (unpaired) electrons. The van der Waals surface area contributed by atoms with Crippen LogP contribution >= 0.6 is 0 Å². The summed E-state index contributed by atoms with van der Waals surface area (Å²) in [5, 5.41) is 7.51. The number of fused-ring (bicyclic) bond motifs is 1. The van der Waals surface area contributed by atoms with Crippen LogP contribution in [0.1, 0.15) is 69.3 Å². The van der Waals surface area contributed by atoms with Crippen LogP contribution in [0.15, 0.2) is 0 Å². The lowest BCUT2D eigenvalue weighted by atomic mass is 10.0. The van der Waals surface area contributed by atoms with Gasteiger partial charge in [-0.1, -0.05) is 13.3 Å². The molecule has 7 heteroatoms. The molecule has 0 aromatic carbocycles. The van der Waals surface area contributed by atoms with Gasteiger partial charge in [0.1, 0.15) is 5.69 Å². The van der Waals surface area contributed by atoms with Crippen LogP contribution in [0.2, 0.25) is 0 Å². The lowest BCUT2D eigenvalue weighted by Gasteiger charge is -2.27. The van der Waals surface area contributed by atoms with Crippen molar-refractivity contribution in [2.45, 2.75) is 53.5 Å². The van der Waals surface area contributed by atoms with Gasteiger partial charge in [0, 0.05) is 36.5 Å². The average Bonchev–Trinajstić information content (AvgIpc) is 3.15. The molecule has 0 spiro atoms. The van der Waals surface area contributed by atoms with Crippen LogP contribution in [0, 0.1) is 13.8 Å². The molecule has 0 bridgehead atoms. The monoisotopic (exact) mass is 358 g/mol. The predicted molar refractivity (Wildman–Crippen MR) is 97.3 cm³/mol. The molecule has 2 aromatic heterocycles. The van der Waals surface area contributed by atoms with E-state index >= 15 is 0 Å². The summed E-state index contributed by atoms with van der Waals surface area (Å²) in [7, 11) is 0. The molecule has 0 atom stereocenters. The summed E-state index contributed by atoms with van der Waals surface area (Å²) in [6, 6.07) is 0. The van der Waals surface area contributed by atoms with E-state index in [0.29, 0.717) is 42.2 Å². The molecule has 1 amide bonds. The summed E-state index contributed by atoms with van der Waals surface area (Å²) < 4.78 is 5.11. The average molecular weight is 358 g/mol. The first-order valence-corrected chi connectivity index (χ1v) is 9.18. The Balaban J connectivity index is 1.85. The van der Waals surface area contributed by atoms with Gasteiger partial charge in [0.05, 0.1) is 17.9 Å². The molecule has 7 nitrogen and oxygen atoms in total. The summed E-state index contributed by atoms with van der Waals surface area (Å²) >= 11 is 0. The molecule has 0 fully saturated rings. The van der Waals surface area contributed by atoms with Crippen LogP contribution in [0.3, 0.4) is 0 Å². The topological polar surface area (TPSA) is 91.1 Å². The minimum Gasteiger partial charge on any atom is -0.462 e. The highest BCUT2D eigenvalue weighted by Gasteiger charge is 2.29. The maximum Gasteiger partial charge on any atom is 0.340 e. The third-order valence-corrected chi connectivity index (χ3v) is 4.92. The van der Waals surface area contributed by atoms with Crippen molar-refractivity contribution >= 4 is 11.9 Å². The number of amides is 1. The van der Waals surface area contributed by atoms with Crippen molar-refractivity contribution in [3.8, 4) is 0 Å². The zero-order chi connectivity index (χ0) is 18.8. The fourth-order valence-electron chi connectivity index (χ4n) is 3.60. The fraction of sp³-hybridized carbons (Fsp3) is 0.526. The van der Waals surface area contributed by atoms with Gasteiger partial charge in [-0.25, -0.2) is 4.79 Å². The molecule has 3 rings (SSSR count). The smallest absolute Gasteiger partial charge is 0.340 e. The number of esters is 1.